The highest BCUT2D eigenvalue weighted by Crippen LogP contribution is 2.38. The van der Waals surface area contributed by atoms with Crippen LogP contribution in [-0.2, 0) is 26.0 Å². The van der Waals surface area contributed by atoms with E-state index in [0.29, 0.717) is 37.3 Å². The van der Waals surface area contributed by atoms with E-state index < -0.39 is 15.4 Å². The predicted octanol–water partition coefficient (Wildman–Crippen LogP) is 3.28. The van der Waals surface area contributed by atoms with Crippen LogP contribution in [0.5, 0.6) is 11.5 Å². The molecule has 1 atom stereocenters. The molecule has 0 aromatic heterocycles. The van der Waals surface area contributed by atoms with E-state index >= 15 is 0 Å². The maximum Gasteiger partial charge on any atom is 0.313 e. The molecule has 0 aliphatic carbocycles. The molecule has 1 heterocycles. The molecule has 3 rings (SSSR count). The zero-order valence-corrected chi connectivity index (χ0v) is 19.0. The van der Waals surface area contributed by atoms with Gasteiger partial charge in [-0.05, 0) is 43.9 Å². The molecule has 0 unspecified atom stereocenters. The van der Waals surface area contributed by atoms with Crippen molar-refractivity contribution in [3.63, 3.8) is 0 Å². The van der Waals surface area contributed by atoms with E-state index in [1.165, 1.54) is 30.7 Å². The average molecular weight is 448 g/mol. The first-order valence-electron chi connectivity index (χ1n) is 10.3. The second kappa shape index (κ2) is 9.70. The summed E-state index contributed by atoms with van der Waals surface area (Å²) >= 11 is 0. The number of carbonyl (C=O) groups is 1. The van der Waals surface area contributed by atoms with Gasteiger partial charge in [0, 0.05) is 19.2 Å². The standard InChI is InChI=1S/C23H29NO6S/c1-4-30-22(25)23(16-18-9-6-5-7-10-18)13-8-14-24(17-23)31(26,27)19-11-12-20(28-2)21(15-19)29-3/h5-7,9-12,15H,4,8,13-14,16-17H2,1-3H3/t23-/m1/s1. The first-order valence-corrected chi connectivity index (χ1v) is 11.7. The third-order valence-electron chi connectivity index (χ3n) is 5.63. The Morgan fingerprint density at radius 3 is 2.42 bits per heavy atom. The largest absolute Gasteiger partial charge is 0.493 e. The summed E-state index contributed by atoms with van der Waals surface area (Å²) in [5, 5.41) is 0. The number of piperidine rings is 1. The third kappa shape index (κ3) is 4.85. The molecule has 2 aromatic carbocycles. The SMILES string of the molecule is CCOC(=O)[C@@]1(Cc2ccccc2)CCCN(S(=O)(=O)c2ccc(OC)c(OC)c2)C1. The van der Waals surface area contributed by atoms with E-state index in [1.807, 2.05) is 30.3 Å². The number of hydrogen-bond donors (Lipinski definition) is 0. The molecule has 0 saturated carbocycles. The number of esters is 1. The maximum atomic E-state index is 13.5. The van der Waals surface area contributed by atoms with E-state index in [9.17, 15) is 13.2 Å². The lowest BCUT2D eigenvalue weighted by Crippen LogP contribution is -2.51. The second-order valence-electron chi connectivity index (χ2n) is 7.62. The fourth-order valence-corrected chi connectivity index (χ4v) is 5.66. The van der Waals surface area contributed by atoms with E-state index in [2.05, 4.69) is 0 Å². The number of methoxy groups -OCH3 is 2. The van der Waals surface area contributed by atoms with Gasteiger partial charge in [-0.1, -0.05) is 30.3 Å². The molecule has 1 aliphatic rings. The predicted molar refractivity (Wildman–Crippen MR) is 117 cm³/mol. The van der Waals surface area contributed by atoms with Gasteiger partial charge in [-0.2, -0.15) is 4.31 Å². The van der Waals surface area contributed by atoms with Gasteiger partial charge in [-0.15, -0.1) is 0 Å². The molecule has 8 heteroatoms. The van der Waals surface area contributed by atoms with Gasteiger partial charge in [-0.3, -0.25) is 4.79 Å². The van der Waals surface area contributed by atoms with Gasteiger partial charge in [0.25, 0.3) is 0 Å². The first-order chi connectivity index (χ1) is 14.9. The minimum absolute atomic E-state index is 0.0669. The van der Waals surface area contributed by atoms with Crippen LogP contribution in [0.25, 0.3) is 0 Å². The van der Waals surface area contributed by atoms with Gasteiger partial charge in [0.2, 0.25) is 10.0 Å². The van der Waals surface area contributed by atoms with Gasteiger partial charge in [-0.25, -0.2) is 8.42 Å². The van der Waals surface area contributed by atoms with Crippen LogP contribution < -0.4 is 9.47 Å². The fraction of sp³-hybridized carbons (Fsp3) is 0.435. The van der Waals surface area contributed by atoms with Crippen LogP contribution in [0.3, 0.4) is 0 Å². The minimum Gasteiger partial charge on any atom is -0.493 e. The summed E-state index contributed by atoms with van der Waals surface area (Å²) in [4.78, 5) is 13.1. The van der Waals surface area contributed by atoms with Gasteiger partial charge < -0.3 is 14.2 Å². The summed E-state index contributed by atoms with van der Waals surface area (Å²) in [6.45, 7) is 2.41. The van der Waals surface area contributed by atoms with Crippen molar-refractivity contribution in [1.82, 2.24) is 4.31 Å². The summed E-state index contributed by atoms with van der Waals surface area (Å²) in [5.41, 5.74) is 0.0418. The lowest BCUT2D eigenvalue weighted by atomic mass is 9.75. The highest BCUT2D eigenvalue weighted by Gasteiger charge is 2.46. The molecule has 168 valence electrons. The van der Waals surface area contributed by atoms with Crippen LogP contribution in [-0.4, -0.2) is 52.6 Å². The van der Waals surface area contributed by atoms with Crippen LogP contribution in [0, 0.1) is 5.41 Å². The molecule has 7 nitrogen and oxygen atoms in total. The van der Waals surface area contributed by atoms with Crippen molar-refractivity contribution in [1.29, 1.82) is 0 Å². The number of sulfonamides is 1. The normalized spacial score (nSPS) is 19.6. The van der Waals surface area contributed by atoms with Crippen molar-refractivity contribution in [3.05, 3.63) is 54.1 Å². The van der Waals surface area contributed by atoms with Crippen LogP contribution in [0.4, 0.5) is 0 Å². The van der Waals surface area contributed by atoms with Crippen molar-refractivity contribution in [3.8, 4) is 11.5 Å². The van der Waals surface area contributed by atoms with Gasteiger partial charge in [0.1, 0.15) is 0 Å². The lowest BCUT2D eigenvalue weighted by molar-refractivity contribution is -0.157. The Bertz CT molecular complexity index is 1010. The van der Waals surface area contributed by atoms with Crippen LogP contribution in [0.15, 0.2) is 53.4 Å². The zero-order valence-electron chi connectivity index (χ0n) is 18.2. The Balaban J connectivity index is 1.95. The van der Waals surface area contributed by atoms with E-state index in [0.717, 1.165) is 5.56 Å². The van der Waals surface area contributed by atoms with E-state index in [4.69, 9.17) is 14.2 Å². The van der Waals surface area contributed by atoms with Gasteiger partial charge in [0.05, 0.1) is 31.1 Å². The summed E-state index contributed by atoms with van der Waals surface area (Å²) in [5.74, 6) is 0.428. The Morgan fingerprint density at radius 1 is 1.06 bits per heavy atom. The molecule has 2 aromatic rings. The number of ether oxygens (including phenoxy) is 3. The van der Waals surface area contributed by atoms with Crippen molar-refractivity contribution < 1.29 is 27.4 Å². The lowest BCUT2D eigenvalue weighted by Gasteiger charge is -2.40. The number of carbonyl (C=O) groups excluding carboxylic acids is 1. The van der Waals surface area contributed by atoms with Gasteiger partial charge >= 0.3 is 5.97 Å². The Morgan fingerprint density at radius 2 is 1.77 bits per heavy atom. The molecular weight excluding hydrogens is 418 g/mol. The highest BCUT2D eigenvalue weighted by molar-refractivity contribution is 7.89. The van der Waals surface area contributed by atoms with Crippen LogP contribution in [0.1, 0.15) is 25.3 Å². The molecule has 1 fully saturated rings. The molecular formula is C23H29NO6S. The fourth-order valence-electron chi connectivity index (χ4n) is 4.07. The summed E-state index contributed by atoms with van der Waals surface area (Å²) < 4.78 is 44.2. The van der Waals surface area contributed by atoms with Crippen molar-refractivity contribution in [2.24, 2.45) is 5.41 Å². The smallest absolute Gasteiger partial charge is 0.313 e. The Hall–Kier alpha value is -2.58. The Labute approximate surface area is 184 Å². The molecule has 0 radical (unpaired) electrons. The van der Waals surface area contributed by atoms with Crippen molar-refractivity contribution >= 4 is 16.0 Å². The topological polar surface area (TPSA) is 82.1 Å². The van der Waals surface area contributed by atoms with Crippen molar-refractivity contribution in [2.75, 3.05) is 33.9 Å². The monoisotopic (exact) mass is 447 g/mol. The molecule has 0 bridgehead atoms. The van der Waals surface area contributed by atoms with Crippen LogP contribution in [0.2, 0.25) is 0 Å². The van der Waals surface area contributed by atoms with Crippen LogP contribution >= 0.6 is 0 Å². The second-order valence-corrected chi connectivity index (χ2v) is 9.56. The molecule has 1 aliphatic heterocycles. The molecule has 0 N–H and O–H groups in total. The average Bonchev–Trinajstić information content (AvgIpc) is 2.79. The Kier molecular flexibility index (Phi) is 7.23. The molecule has 0 amide bonds. The number of rotatable bonds is 8. The van der Waals surface area contributed by atoms with E-state index in [1.54, 1.807) is 13.0 Å². The summed E-state index contributed by atoms with van der Waals surface area (Å²) in [7, 11) is -0.888. The van der Waals surface area contributed by atoms with E-state index in [-0.39, 0.29) is 24.0 Å². The molecule has 1 saturated heterocycles. The first kappa shape index (κ1) is 23.1. The zero-order chi connectivity index (χ0) is 22.5. The minimum atomic E-state index is -3.84. The quantitative estimate of drug-likeness (QED) is 0.578. The van der Waals surface area contributed by atoms with Crippen molar-refractivity contribution in [2.45, 2.75) is 31.1 Å². The maximum absolute atomic E-state index is 13.5. The third-order valence-corrected chi connectivity index (χ3v) is 7.47. The number of nitrogens with zero attached hydrogens (tertiary/aromatic N) is 1. The summed E-state index contributed by atoms with van der Waals surface area (Å²) in [6.07, 6.45) is 1.56. The number of benzene rings is 2. The number of hydrogen-bond acceptors (Lipinski definition) is 6. The molecule has 31 heavy (non-hydrogen) atoms. The van der Waals surface area contributed by atoms with Gasteiger partial charge in [0.15, 0.2) is 11.5 Å². The molecule has 0 spiro atoms. The summed E-state index contributed by atoms with van der Waals surface area (Å²) in [6, 6.07) is 14.1. The highest BCUT2D eigenvalue weighted by atomic mass is 32.2.